The van der Waals surface area contributed by atoms with Crippen molar-refractivity contribution in [1.29, 1.82) is 0 Å². The van der Waals surface area contributed by atoms with Gasteiger partial charge in [-0.05, 0) is 57.6 Å². The van der Waals surface area contributed by atoms with Gasteiger partial charge in [-0.15, -0.1) is 0 Å². The molecule has 2 bridgehead atoms. The molecule has 1 aromatic carbocycles. The summed E-state index contributed by atoms with van der Waals surface area (Å²) in [6, 6.07) is 8.32. The molecule has 3 fully saturated rings. The highest BCUT2D eigenvalue weighted by Crippen LogP contribution is 2.44. The first-order valence-electron chi connectivity index (χ1n) is 13.7. The highest BCUT2D eigenvalue weighted by Gasteiger charge is 2.44. The average Bonchev–Trinajstić information content (AvgIpc) is 3.11. The van der Waals surface area contributed by atoms with Crippen molar-refractivity contribution in [1.82, 2.24) is 19.8 Å². The molecule has 0 spiro atoms. The Morgan fingerprint density at radius 2 is 1.58 bits per heavy atom. The van der Waals surface area contributed by atoms with Crippen LogP contribution in [-0.4, -0.2) is 57.6 Å². The Kier molecular flexibility index (Phi) is 7.42. The third-order valence-electron chi connectivity index (χ3n) is 8.54. The average molecular weight is 495 g/mol. The molecule has 3 aliphatic rings. The third kappa shape index (κ3) is 4.80. The molecule has 2 aromatic rings. The van der Waals surface area contributed by atoms with Gasteiger partial charge in [0, 0.05) is 24.2 Å². The second kappa shape index (κ2) is 10.7. The van der Waals surface area contributed by atoms with Gasteiger partial charge in [0.2, 0.25) is 0 Å². The van der Waals surface area contributed by atoms with Crippen LogP contribution in [0.3, 0.4) is 0 Å². The molecule has 8 nitrogen and oxygen atoms in total. The van der Waals surface area contributed by atoms with Gasteiger partial charge in [-0.2, -0.15) is 0 Å². The Hall–Kier alpha value is -2.74. The van der Waals surface area contributed by atoms with Crippen molar-refractivity contribution in [3.63, 3.8) is 0 Å². The van der Waals surface area contributed by atoms with Gasteiger partial charge in [0.15, 0.2) is 5.69 Å². The Balaban J connectivity index is 1.45. The van der Waals surface area contributed by atoms with Crippen LogP contribution in [0.5, 0.6) is 0 Å². The summed E-state index contributed by atoms with van der Waals surface area (Å²) in [5.41, 5.74) is 0.831. The lowest BCUT2D eigenvalue weighted by Crippen LogP contribution is -2.50. The molecule has 2 aliphatic heterocycles. The second-order valence-electron chi connectivity index (χ2n) is 10.8. The number of methoxy groups -OCH3 is 1. The summed E-state index contributed by atoms with van der Waals surface area (Å²) in [7, 11) is 1.27. The number of carbonyl (C=O) groups excluding carboxylic acids is 2. The van der Waals surface area contributed by atoms with E-state index >= 15 is 0 Å². The van der Waals surface area contributed by atoms with Crippen LogP contribution < -0.4 is 10.9 Å². The SMILES string of the molecule is COC(=O)C(C)NC(=O)c1nc2ccccc2n([C@H]2C[C@H]3CC[C@@H](C2)N3C2CCCCCCC2)c1=O. The lowest BCUT2D eigenvalue weighted by molar-refractivity contribution is -0.142. The van der Waals surface area contributed by atoms with E-state index in [1.165, 1.54) is 71.8 Å². The predicted octanol–water partition coefficient (Wildman–Crippen LogP) is 3.97. The molecule has 1 unspecified atom stereocenters. The number of nitrogens with zero attached hydrogens (tertiary/aromatic N) is 3. The maximum atomic E-state index is 13.8. The summed E-state index contributed by atoms with van der Waals surface area (Å²) < 4.78 is 6.53. The molecule has 4 atom stereocenters. The van der Waals surface area contributed by atoms with Crippen molar-refractivity contribution in [3.05, 3.63) is 40.3 Å². The Labute approximate surface area is 212 Å². The van der Waals surface area contributed by atoms with Crippen LogP contribution in [0.2, 0.25) is 0 Å². The number of ether oxygens (including phenoxy) is 1. The summed E-state index contributed by atoms with van der Waals surface area (Å²) in [5.74, 6) is -1.21. The molecule has 3 heterocycles. The molecule has 5 rings (SSSR count). The van der Waals surface area contributed by atoms with Crippen molar-refractivity contribution in [2.75, 3.05) is 7.11 Å². The van der Waals surface area contributed by atoms with Crippen molar-refractivity contribution < 1.29 is 14.3 Å². The molecule has 1 aliphatic carbocycles. The van der Waals surface area contributed by atoms with Gasteiger partial charge in [-0.3, -0.25) is 14.5 Å². The minimum absolute atomic E-state index is 0.0253. The minimum Gasteiger partial charge on any atom is -0.467 e. The number of esters is 1. The van der Waals surface area contributed by atoms with Crippen molar-refractivity contribution in [2.24, 2.45) is 0 Å². The van der Waals surface area contributed by atoms with Crippen LogP contribution in [0.1, 0.15) is 94.1 Å². The lowest BCUT2D eigenvalue weighted by Gasteiger charge is -2.45. The van der Waals surface area contributed by atoms with E-state index in [9.17, 15) is 14.4 Å². The Morgan fingerprint density at radius 1 is 0.944 bits per heavy atom. The zero-order chi connectivity index (χ0) is 25.2. The van der Waals surface area contributed by atoms with E-state index in [1.807, 2.05) is 28.8 Å². The standard InChI is InChI=1S/C28H38N4O4/c1-18(28(35)36-2)29-26(33)25-27(34)32(24-13-9-8-12-23(24)30-25)22-16-20-14-15-21(17-22)31(20)19-10-6-4-3-5-7-11-19/h8-9,12-13,18-22H,3-7,10-11,14-17H2,1-2H3,(H,29,33)/t18?,20-,21+,22+. The number of fused-ring (bicyclic) bond motifs is 3. The number of benzene rings is 1. The Morgan fingerprint density at radius 3 is 2.25 bits per heavy atom. The number of hydrogen-bond acceptors (Lipinski definition) is 6. The number of amides is 1. The number of aromatic nitrogens is 2. The fourth-order valence-electron chi connectivity index (χ4n) is 6.89. The van der Waals surface area contributed by atoms with Gasteiger partial charge in [-0.1, -0.05) is 44.2 Å². The van der Waals surface area contributed by atoms with E-state index in [-0.39, 0.29) is 17.3 Å². The summed E-state index contributed by atoms with van der Waals surface area (Å²) in [5, 5.41) is 2.58. The highest BCUT2D eigenvalue weighted by molar-refractivity contribution is 5.96. The third-order valence-corrected chi connectivity index (χ3v) is 8.54. The summed E-state index contributed by atoms with van der Waals surface area (Å²) in [6.45, 7) is 1.53. The summed E-state index contributed by atoms with van der Waals surface area (Å²) in [4.78, 5) is 45.8. The quantitative estimate of drug-likeness (QED) is 0.633. The zero-order valence-corrected chi connectivity index (χ0v) is 21.4. The van der Waals surface area contributed by atoms with Crippen molar-refractivity contribution >= 4 is 22.9 Å². The Bertz CT molecular complexity index is 1160. The van der Waals surface area contributed by atoms with E-state index in [4.69, 9.17) is 4.74 Å². The molecule has 0 radical (unpaired) electrons. The molecule has 8 heteroatoms. The molecule has 1 amide bonds. The van der Waals surface area contributed by atoms with Crippen LogP contribution in [0, 0.1) is 0 Å². The molecular formula is C28H38N4O4. The first-order chi connectivity index (χ1) is 17.5. The van der Waals surface area contributed by atoms with Gasteiger partial charge >= 0.3 is 5.97 Å². The van der Waals surface area contributed by atoms with E-state index in [0.29, 0.717) is 23.6 Å². The van der Waals surface area contributed by atoms with E-state index in [2.05, 4.69) is 15.2 Å². The number of rotatable bonds is 5. The van der Waals surface area contributed by atoms with Gasteiger partial charge in [-0.25, -0.2) is 9.78 Å². The van der Waals surface area contributed by atoms with E-state index < -0.39 is 17.9 Å². The van der Waals surface area contributed by atoms with Gasteiger partial charge in [0.05, 0.1) is 18.1 Å². The van der Waals surface area contributed by atoms with Crippen molar-refractivity contribution in [2.45, 2.75) is 108 Å². The maximum Gasteiger partial charge on any atom is 0.328 e. The number of carbonyl (C=O) groups is 2. The first-order valence-corrected chi connectivity index (χ1v) is 13.7. The number of para-hydroxylation sites is 2. The topological polar surface area (TPSA) is 93.5 Å². The van der Waals surface area contributed by atoms with Crippen LogP contribution in [0.15, 0.2) is 29.1 Å². The highest BCUT2D eigenvalue weighted by atomic mass is 16.5. The fourth-order valence-corrected chi connectivity index (χ4v) is 6.89. The lowest BCUT2D eigenvalue weighted by atomic mass is 9.89. The zero-order valence-electron chi connectivity index (χ0n) is 21.4. The monoisotopic (exact) mass is 494 g/mol. The molecular weight excluding hydrogens is 456 g/mol. The molecule has 36 heavy (non-hydrogen) atoms. The molecule has 1 N–H and O–H groups in total. The first kappa shape index (κ1) is 24.9. The number of nitrogens with one attached hydrogen (secondary N) is 1. The molecule has 1 aromatic heterocycles. The van der Waals surface area contributed by atoms with Gasteiger partial charge in [0.1, 0.15) is 6.04 Å². The van der Waals surface area contributed by atoms with Crippen LogP contribution in [0.25, 0.3) is 11.0 Å². The van der Waals surface area contributed by atoms with Crippen LogP contribution in [0.4, 0.5) is 0 Å². The van der Waals surface area contributed by atoms with Gasteiger partial charge in [0.25, 0.3) is 11.5 Å². The van der Waals surface area contributed by atoms with Crippen LogP contribution in [-0.2, 0) is 9.53 Å². The maximum absolute atomic E-state index is 13.8. The summed E-state index contributed by atoms with van der Waals surface area (Å²) >= 11 is 0. The molecule has 2 saturated heterocycles. The van der Waals surface area contributed by atoms with Gasteiger partial charge < -0.3 is 14.6 Å². The predicted molar refractivity (Wildman–Crippen MR) is 138 cm³/mol. The molecule has 194 valence electrons. The smallest absolute Gasteiger partial charge is 0.328 e. The normalized spacial score (nSPS) is 26.2. The largest absolute Gasteiger partial charge is 0.467 e. The van der Waals surface area contributed by atoms with Crippen LogP contribution >= 0.6 is 0 Å². The number of piperidine rings is 1. The fraction of sp³-hybridized carbons (Fsp3) is 0.643. The molecule has 1 saturated carbocycles. The summed E-state index contributed by atoms with van der Waals surface area (Å²) in [6.07, 6.45) is 13.5. The van der Waals surface area contributed by atoms with Crippen molar-refractivity contribution in [3.8, 4) is 0 Å². The minimum atomic E-state index is -0.869. The van der Waals surface area contributed by atoms with E-state index in [0.717, 1.165) is 18.4 Å². The second-order valence-corrected chi connectivity index (χ2v) is 10.8. The number of hydrogen-bond donors (Lipinski definition) is 1. The van der Waals surface area contributed by atoms with E-state index in [1.54, 1.807) is 0 Å².